The fraction of sp³-hybridized carbons (Fsp3) is 0.286. The van der Waals surface area contributed by atoms with Crippen LogP contribution in [0.2, 0.25) is 0 Å². The SMILES string of the molecule is Nc1cncc(Br)c1OCC(F)(F)F. The molecule has 0 aliphatic carbocycles. The molecule has 0 aromatic carbocycles. The van der Waals surface area contributed by atoms with Crippen LogP contribution in [0.4, 0.5) is 18.9 Å². The summed E-state index contributed by atoms with van der Waals surface area (Å²) in [6.07, 6.45) is -1.85. The molecule has 3 nitrogen and oxygen atoms in total. The van der Waals surface area contributed by atoms with Crippen LogP contribution in [-0.4, -0.2) is 17.8 Å². The molecule has 0 aliphatic heterocycles. The second-order valence-electron chi connectivity index (χ2n) is 2.44. The molecule has 1 rings (SSSR count). The van der Waals surface area contributed by atoms with Gasteiger partial charge in [-0.1, -0.05) is 0 Å². The molecule has 0 fully saturated rings. The molecule has 1 aromatic heterocycles. The Morgan fingerprint density at radius 1 is 1.43 bits per heavy atom. The molecule has 0 amide bonds. The largest absolute Gasteiger partial charge is 0.481 e. The molecule has 14 heavy (non-hydrogen) atoms. The van der Waals surface area contributed by atoms with Gasteiger partial charge in [0.1, 0.15) is 0 Å². The highest BCUT2D eigenvalue weighted by atomic mass is 79.9. The summed E-state index contributed by atoms with van der Waals surface area (Å²) in [5, 5.41) is 0. The van der Waals surface area contributed by atoms with Gasteiger partial charge in [-0.2, -0.15) is 13.2 Å². The smallest absolute Gasteiger partial charge is 0.422 e. The quantitative estimate of drug-likeness (QED) is 0.898. The van der Waals surface area contributed by atoms with Crippen LogP contribution in [-0.2, 0) is 0 Å². The van der Waals surface area contributed by atoms with Crippen molar-refractivity contribution in [1.29, 1.82) is 0 Å². The van der Waals surface area contributed by atoms with Crippen molar-refractivity contribution >= 4 is 21.6 Å². The number of hydrogen-bond donors (Lipinski definition) is 1. The van der Waals surface area contributed by atoms with E-state index in [9.17, 15) is 13.2 Å². The highest BCUT2D eigenvalue weighted by Gasteiger charge is 2.29. The molecule has 0 saturated carbocycles. The van der Waals surface area contributed by atoms with Gasteiger partial charge in [-0.3, -0.25) is 4.98 Å². The predicted octanol–water partition coefficient (Wildman–Crippen LogP) is 2.37. The first-order valence-corrected chi connectivity index (χ1v) is 4.28. The minimum absolute atomic E-state index is 0.0441. The Morgan fingerprint density at radius 2 is 2.07 bits per heavy atom. The molecule has 7 heteroatoms. The van der Waals surface area contributed by atoms with E-state index in [1.807, 2.05) is 0 Å². The predicted molar refractivity (Wildman–Crippen MR) is 47.9 cm³/mol. The number of nitrogen functional groups attached to an aromatic ring is 1. The molecular weight excluding hydrogens is 265 g/mol. The molecule has 1 heterocycles. The van der Waals surface area contributed by atoms with Gasteiger partial charge in [0.2, 0.25) is 0 Å². The average molecular weight is 271 g/mol. The van der Waals surface area contributed by atoms with Crippen LogP contribution in [0.3, 0.4) is 0 Å². The zero-order valence-corrected chi connectivity index (χ0v) is 8.39. The Balaban J connectivity index is 2.77. The minimum Gasteiger partial charge on any atom is -0.481 e. The monoisotopic (exact) mass is 270 g/mol. The van der Waals surface area contributed by atoms with Gasteiger partial charge in [-0.15, -0.1) is 0 Å². The van der Waals surface area contributed by atoms with Crippen molar-refractivity contribution in [3.63, 3.8) is 0 Å². The Labute approximate surface area is 86.2 Å². The summed E-state index contributed by atoms with van der Waals surface area (Å²) in [6.45, 7) is -1.38. The van der Waals surface area contributed by atoms with E-state index in [1.54, 1.807) is 0 Å². The summed E-state index contributed by atoms with van der Waals surface area (Å²) in [6, 6.07) is 0. The van der Waals surface area contributed by atoms with Crippen LogP contribution < -0.4 is 10.5 Å². The Hall–Kier alpha value is -0.980. The lowest BCUT2D eigenvalue weighted by molar-refractivity contribution is -0.153. The Morgan fingerprint density at radius 3 is 2.57 bits per heavy atom. The third-order valence-electron chi connectivity index (χ3n) is 1.26. The van der Waals surface area contributed by atoms with E-state index in [0.717, 1.165) is 0 Å². The normalized spacial score (nSPS) is 11.4. The molecule has 2 N–H and O–H groups in total. The highest BCUT2D eigenvalue weighted by molar-refractivity contribution is 9.10. The lowest BCUT2D eigenvalue weighted by Gasteiger charge is -2.11. The van der Waals surface area contributed by atoms with Crippen molar-refractivity contribution in [3.8, 4) is 5.75 Å². The second-order valence-corrected chi connectivity index (χ2v) is 3.30. The molecule has 78 valence electrons. The number of hydrogen-bond acceptors (Lipinski definition) is 3. The third kappa shape index (κ3) is 3.06. The maximum atomic E-state index is 11.8. The number of pyridine rings is 1. The highest BCUT2D eigenvalue weighted by Crippen LogP contribution is 2.31. The third-order valence-corrected chi connectivity index (χ3v) is 1.83. The lowest BCUT2D eigenvalue weighted by Crippen LogP contribution is -2.19. The zero-order valence-electron chi connectivity index (χ0n) is 6.81. The van der Waals surface area contributed by atoms with E-state index >= 15 is 0 Å². The lowest BCUT2D eigenvalue weighted by atomic mass is 10.4. The topological polar surface area (TPSA) is 48.1 Å². The van der Waals surface area contributed by atoms with Gasteiger partial charge in [-0.25, -0.2) is 0 Å². The molecule has 0 atom stereocenters. The van der Waals surface area contributed by atoms with Crippen LogP contribution in [0.25, 0.3) is 0 Å². The maximum absolute atomic E-state index is 11.8. The van der Waals surface area contributed by atoms with Crippen LogP contribution in [0.1, 0.15) is 0 Å². The van der Waals surface area contributed by atoms with Crippen molar-refractivity contribution in [3.05, 3.63) is 16.9 Å². The van der Waals surface area contributed by atoms with Gasteiger partial charge in [0.15, 0.2) is 12.4 Å². The minimum atomic E-state index is -4.38. The van der Waals surface area contributed by atoms with E-state index in [-0.39, 0.29) is 11.4 Å². The maximum Gasteiger partial charge on any atom is 0.422 e. The number of anilines is 1. The zero-order chi connectivity index (χ0) is 10.8. The molecule has 0 unspecified atom stereocenters. The molecule has 1 aromatic rings. The van der Waals surface area contributed by atoms with Crippen molar-refractivity contribution in [2.45, 2.75) is 6.18 Å². The van der Waals surface area contributed by atoms with Gasteiger partial charge in [0, 0.05) is 6.20 Å². The summed E-state index contributed by atoms with van der Waals surface area (Å²) in [5.41, 5.74) is 5.42. The second kappa shape index (κ2) is 4.04. The molecule has 0 radical (unpaired) electrons. The number of alkyl halides is 3. The first-order chi connectivity index (χ1) is 6.40. The van der Waals surface area contributed by atoms with E-state index < -0.39 is 12.8 Å². The fourth-order valence-corrected chi connectivity index (χ4v) is 1.21. The van der Waals surface area contributed by atoms with E-state index in [0.29, 0.717) is 4.47 Å². The van der Waals surface area contributed by atoms with Gasteiger partial charge >= 0.3 is 6.18 Å². The Kier molecular flexibility index (Phi) is 3.20. The summed E-state index contributed by atoms with van der Waals surface area (Å²) in [4.78, 5) is 3.66. The fourth-order valence-electron chi connectivity index (χ4n) is 0.744. The summed E-state index contributed by atoms with van der Waals surface area (Å²) < 4.78 is 40.2. The number of rotatable bonds is 2. The summed E-state index contributed by atoms with van der Waals surface area (Å²) >= 11 is 2.98. The number of halogens is 4. The van der Waals surface area contributed by atoms with Gasteiger partial charge in [0.05, 0.1) is 16.4 Å². The first-order valence-electron chi connectivity index (χ1n) is 3.48. The van der Waals surface area contributed by atoms with E-state index in [4.69, 9.17) is 5.73 Å². The van der Waals surface area contributed by atoms with E-state index in [2.05, 4.69) is 25.7 Å². The van der Waals surface area contributed by atoms with Crippen LogP contribution >= 0.6 is 15.9 Å². The van der Waals surface area contributed by atoms with Crippen molar-refractivity contribution in [1.82, 2.24) is 4.98 Å². The van der Waals surface area contributed by atoms with Crippen molar-refractivity contribution in [2.24, 2.45) is 0 Å². The molecule has 0 bridgehead atoms. The molecule has 0 saturated heterocycles. The molecular formula is C7H6BrF3N2O. The van der Waals surface area contributed by atoms with Crippen molar-refractivity contribution in [2.75, 3.05) is 12.3 Å². The molecule has 0 aliphatic rings. The van der Waals surface area contributed by atoms with Gasteiger partial charge < -0.3 is 10.5 Å². The van der Waals surface area contributed by atoms with Gasteiger partial charge in [0.25, 0.3) is 0 Å². The van der Waals surface area contributed by atoms with Crippen LogP contribution in [0.15, 0.2) is 16.9 Å². The first kappa shape index (κ1) is 11.1. The standard InChI is InChI=1S/C7H6BrF3N2O/c8-4-1-13-2-5(12)6(4)14-3-7(9,10)11/h1-2H,3,12H2. The van der Waals surface area contributed by atoms with Crippen LogP contribution in [0, 0.1) is 0 Å². The number of ether oxygens (including phenoxy) is 1. The number of aromatic nitrogens is 1. The summed E-state index contributed by atoms with van der Waals surface area (Å²) in [5.74, 6) is -0.0441. The molecule has 0 spiro atoms. The Bertz CT molecular complexity index is 309. The van der Waals surface area contributed by atoms with Crippen LogP contribution in [0.5, 0.6) is 5.75 Å². The summed E-state index contributed by atoms with van der Waals surface area (Å²) in [7, 11) is 0. The number of nitrogens with zero attached hydrogens (tertiary/aromatic N) is 1. The van der Waals surface area contributed by atoms with E-state index in [1.165, 1.54) is 12.4 Å². The van der Waals surface area contributed by atoms with Crippen molar-refractivity contribution < 1.29 is 17.9 Å². The van der Waals surface area contributed by atoms with Gasteiger partial charge in [-0.05, 0) is 15.9 Å². The number of nitrogens with two attached hydrogens (primary N) is 1. The average Bonchev–Trinajstić information content (AvgIpc) is 2.01.